The van der Waals surface area contributed by atoms with Gasteiger partial charge in [0.1, 0.15) is 5.75 Å². The van der Waals surface area contributed by atoms with Crippen molar-refractivity contribution >= 4 is 21.7 Å². The van der Waals surface area contributed by atoms with Gasteiger partial charge in [0.25, 0.3) is 10.1 Å². The maximum atomic E-state index is 11.0. The van der Waals surface area contributed by atoms with E-state index in [0.717, 1.165) is 12.1 Å². The molecule has 0 radical (unpaired) electrons. The van der Waals surface area contributed by atoms with Crippen molar-refractivity contribution in [3.8, 4) is 5.75 Å². The molecule has 3 N–H and O–H groups in total. The molecule has 0 aliphatic heterocycles. The largest absolute Gasteiger partial charge is 0.506 e. The molecule has 1 aromatic carbocycles. The van der Waals surface area contributed by atoms with Gasteiger partial charge in [0, 0.05) is 0 Å². The van der Waals surface area contributed by atoms with Crippen LogP contribution in [0, 0.1) is 0 Å². The van der Waals surface area contributed by atoms with Crippen molar-refractivity contribution in [2.24, 2.45) is 0 Å². The minimum absolute atomic E-state index is 0.215. The predicted molar refractivity (Wildman–Crippen MR) is 56.7 cm³/mol. The van der Waals surface area contributed by atoms with Crippen LogP contribution in [0.15, 0.2) is 35.7 Å². The van der Waals surface area contributed by atoms with Gasteiger partial charge >= 0.3 is 0 Å². The minimum atomic E-state index is -4.62. The SMILES string of the molecule is C=CC(=O)Nc1cccc(O)c1S(=O)(=O)O. The van der Waals surface area contributed by atoms with E-state index in [-0.39, 0.29) is 5.69 Å². The first-order chi connectivity index (χ1) is 7.36. The number of carbonyl (C=O) groups excluding carboxylic acids is 1. The van der Waals surface area contributed by atoms with E-state index in [0.29, 0.717) is 0 Å². The van der Waals surface area contributed by atoms with Gasteiger partial charge in [-0.15, -0.1) is 0 Å². The van der Waals surface area contributed by atoms with Crippen LogP contribution in [0.2, 0.25) is 0 Å². The van der Waals surface area contributed by atoms with Crippen LogP contribution in [0.1, 0.15) is 0 Å². The van der Waals surface area contributed by atoms with Gasteiger partial charge < -0.3 is 10.4 Å². The lowest BCUT2D eigenvalue weighted by atomic mass is 10.3. The maximum absolute atomic E-state index is 11.0. The third kappa shape index (κ3) is 2.59. The summed E-state index contributed by atoms with van der Waals surface area (Å²) in [6, 6.07) is 3.62. The molecule has 7 heteroatoms. The van der Waals surface area contributed by atoms with Crippen molar-refractivity contribution in [3.05, 3.63) is 30.9 Å². The van der Waals surface area contributed by atoms with Gasteiger partial charge in [0.15, 0.2) is 4.90 Å². The Morgan fingerprint density at radius 2 is 2.06 bits per heavy atom. The average molecular weight is 243 g/mol. The molecule has 1 amide bonds. The average Bonchev–Trinajstić information content (AvgIpc) is 2.15. The van der Waals surface area contributed by atoms with E-state index in [1.807, 2.05) is 0 Å². The van der Waals surface area contributed by atoms with Crippen LogP contribution in [0.4, 0.5) is 5.69 Å². The molecule has 86 valence electrons. The lowest BCUT2D eigenvalue weighted by Gasteiger charge is -2.08. The van der Waals surface area contributed by atoms with Crippen LogP contribution < -0.4 is 5.32 Å². The summed E-state index contributed by atoms with van der Waals surface area (Å²) in [7, 11) is -4.62. The first-order valence-corrected chi connectivity index (χ1v) is 5.53. The number of nitrogens with one attached hydrogen (secondary N) is 1. The van der Waals surface area contributed by atoms with Gasteiger partial charge in [-0.2, -0.15) is 8.42 Å². The first-order valence-electron chi connectivity index (χ1n) is 4.09. The van der Waals surface area contributed by atoms with Crippen molar-refractivity contribution in [1.29, 1.82) is 0 Å². The Labute approximate surface area is 92.0 Å². The monoisotopic (exact) mass is 243 g/mol. The molecule has 0 unspecified atom stereocenters. The van der Waals surface area contributed by atoms with E-state index in [4.69, 9.17) is 4.55 Å². The van der Waals surface area contributed by atoms with Gasteiger partial charge in [0.2, 0.25) is 5.91 Å². The van der Waals surface area contributed by atoms with Crippen LogP contribution in [-0.2, 0) is 14.9 Å². The molecule has 1 aromatic rings. The Hall–Kier alpha value is -1.86. The van der Waals surface area contributed by atoms with E-state index >= 15 is 0 Å². The Bertz CT molecular complexity index is 535. The summed E-state index contributed by atoms with van der Waals surface area (Å²) < 4.78 is 30.8. The fourth-order valence-electron chi connectivity index (χ4n) is 1.08. The standard InChI is InChI=1S/C9H9NO5S/c1-2-8(12)10-6-4-3-5-7(11)9(6)16(13,14)15/h2-5,11H,1H2,(H,10,12)(H,13,14,15). The molecule has 0 aromatic heterocycles. The third-order valence-corrected chi connectivity index (χ3v) is 2.64. The number of benzene rings is 1. The highest BCUT2D eigenvalue weighted by Crippen LogP contribution is 2.29. The summed E-state index contributed by atoms with van der Waals surface area (Å²) in [4.78, 5) is 10.2. The van der Waals surface area contributed by atoms with E-state index in [9.17, 15) is 18.3 Å². The number of carbonyl (C=O) groups is 1. The highest BCUT2D eigenvalue weighted by Gasteiger charge is 2.20. The lowest BCUT2D eigenvalue weighted by Crippen LogP contribution is -2.11. The second-order valence-corrected chi connectivity index (χ2v) is 4.18. The molecule has 0 saturated carbocycles. The van der Waals surface area contributed by atoms with Crippen molar-refractivity contribution < 1.29 is 22.9 Å². The van der Waals surface area contributed by atoms with Crippen LogP contribution in [-0.4, -0.2) is 24.0 Å². The number of rotatable bonds is 3. The Kier molecular flexibility index (Phi) is 3.31. The molecule has 16 heavy (non-hydrogen) atoms. The molecule has 0 fully saturated rings. The predicted octanol–water partition coefficient (Wildman–Crippen LogP) is 0.763. The normalized spacial score (nSPS) is 10.8. The van der Waals surface area contributed by atoms with E-state index < -0.39 is 26.7 Å². The van der Waals surface area contributed by atoms with Gasteiger partial charge in [-0.25, -0.2) is 0 Å². The van der Waals surface area contributed by atoms with Crippen LogP contribution in [0.3, 0.4) is 0 Å². The number of anilines is 1. The molecule has 0 atom stereocenters. The summed E-state index contributed by atoms with van der Waals surface area (Å²) in [6.07, 6.45) is 0.928. The molecule has 0 aliphatic carbocycles. The molecular weight excluding hydrogens is 234 g/mol. The lowest BCUT2D eigenvalue weighted by molar-refractivity contribution is -0.111. The van der Waals surface area contributed by atoms with E-state index in [1.165, 1.54) is 12.1 Å². The summed E-state index contributed by atoms with van der Waals surface area (Å²) in [5, 5.41) is 11.4. The summed E-state index contributed by atoms with van der Waals surface area (Å²) >= 11 is 0. The number of aromatic hydroxyl groups is 1. The molecular formula is C9H9NO5S. The third-order valence-electron chi connectivity index (χ3n) is 1.70. The van der Waals surface area contributed by atoms with Crippen LogP contribution in [0.25, 0.3) is 0 Å². The zero-order valence-corrected chi connectivity index (χ0v) is 8.86. The molecule has 0 spiro atoms. The molecule has 0 aliphatic rings. The quantitative estimate of drug-likeness (QED) is 0.537. The highest BCUT2D eigenvalue weighted by molar-refractivity contribution is 7.86. The highest BCUT2D eigenvalue weighted by atomic mass is 32.2. The minimum Gasteiger partial charge on any atom is -0.506 e. The molecule has 6 nitrogen and oxygen atoms in total. The van der Waals surface area contributed by atoms with Gasteiger partial charge in [-0.05, 0) is 18.2 Å². The second kappa shape index (κ2) is 4.33. The molecule has 0 bridgehead atoms. The zero-order chi connectivity index (χ0) is 12.3. The Morgan fingerprint density at radius 3 is 2.56 bits per heavy atom. The maximum Gasteiger partial charge on any atom is 0.300 e. The van der Waals surface area contributed by atoms with Crippen molar-refractivity contribution in [2.75, 3.05) is 5.32 Å². The van der Waals surface area contributed by atoms with Crippen molar-refractivity contribution in [2.45, 2.75) is 4.90 Å². The fourth-order valence-corrected chi connectivity index (χ4v) is 1.81. The Balaban J connectivity index is 3.35. The second-order valence-electron chi connectivity index (χ2n) is 2.82. The van der Waals surface area contributed by atoms with Gasteiger partial charge in [-0.1, -0.05) is 12.6 Å². The number of phenols is 1. The van der Waals surface area contributed by atoms with Gasteiger partial charge in [-0.3, -0.25) is 9.35 Å². The number of amides is 1. The number of hydrogen-bond acceptors (Lipinski definition) is 4. The number of phenolic OH excluding ortho intramolecular Hbond substituents is 1. The van der Waals surface area contributed by atoms with E-state index in [1.54, 1.807) is 0 Å². The summed E-state index contributed by atoms with van der Waals surface area (Å²) in [5.74, 6) is -1.31. The van der Waals surface area contributed by atoms with Crippen LogP contribution in [0.5, 0.6) is 5.75 Å². The molecule has 0 heterocycles. The van der Waals surface area contributed by atoms with Crippen LogP contribution >= 0.6 is 0 Å². The summed E-state index contributed by atoms with van der Waals surface area (Å²) in [5.41, 5.74) is -0.215. The molecule has 0 saturated heterocycles. The Morgan fingerprint density at radius 1 is 1.44 bits per heavy atom. The van der Waals surface area contributed by atoms with E-state index in [2.05, 4.69) is 11.9 Å². The van der Waals surface area contributed by atoms with Crippen molar-refractivity contribution in [1.82, 2.24) is 0 Å². The first kappa shape index (κ1) is 12.2. The zero-order valence-electron chi connectivity index (χ0n) is 8.04. The topological polar surface area (TPSA) is 104 Å². The van der Waals surface area contributed by atoms with Gasteiger partial charge in [0.05, 0.1) is 5.69 Å². The fraction of sp³-hybridized carbons (Fsp3) is 0. The smallest absolute Gasteiger partial charge is 0.300 e. The number of hydrogen-bond donors (Lipinski definition) is 3. The van der Waals surface area contributed by atoms with Crippen molar-refractivity contribution in [3.63, 3.8) is 0 Å². The molecule has 1 rings (SSSR count). The summed E-state index contributed by atoms with van der Waals surface area (Å²) in [6.45, 7) is 3.18.